The minimum Gasteiger partial charge on any atom is -0.493 e. The number of benzene rings is 2. The molecule has 0 aliphatic carbocycles. The third kappa shape index (κ3) is 4.27. The van der Waals surface area contributed by atoms with E-state index in [1.54, 1.807) is 43.3 Å². The van der Waals surface area contributed by atoms with Crippen molar-refractivity contribution >= 4 is 17.5 Å². The molecule has 0 bridgehead atoms. The summed E-state index contributed by atoms with van der Waals surface area (Å²) in [5.41, 5.74) is 0.976. The normalized spacial score (nSPS) is 11.6. The Hall–Kier alpha value is -3.26. The second-order valence-corrected chi connectivity index (χ2v) is 6.45. The van der Waals surface area contributed by atoms with E-state index in [2.05, 4.69) is 15.5 Å². The maximum Gasteiger partial charge on any atom is 0.253 e. The Balaban J connectivity index is 1.83. The van der Waals surface area contributed by atoms with Crippen molar-refractivity contribution < 1.29 is 23.5 Å². The van der Waals surface area contributed by atoms with E-state index >= 15 is 0 Å². The van der Waals surface area contributed by atoms with Crippen molar-refractivity contribution in [3.05, 3.63) is 52.9 Å². The molecule has 2 aromatic carbocycles. The number of hydrogen-bond donors (Lipinski definition) is 1. The lowest BCUT2D eigenvalue weighted by Crippen LogP contribution is -2.27. The van der Waals surface area contributed by atoms with Crippen molar-refractivity contribution in [2.75, 3.05) is 21.3 Å². The quantitative estimate of drug-likeness (QED) is 0.622. The molecule has 1 N–H and O–H groups in total. The van der Waals surface area contributed by atoms with Gasteiger partial charge in [0.1, 0.15) is 6.04 Å². The SMILES string of the molecule is COc1cc(-c2noc([C@@H](C)NC(=O)c3ccccc3Cl)n2)cc(OC)c1OC. The number of rotatable bonds is 7. The Morgan fingerprint density at radius 2 is 1.76 bits per heavy atom. The minimum atomic E-state index is -0.526. The Bertz CT molecular complexity index is 996. The molecule has 8 nitrogen and oxygen atoms in total. The van der Waals surface area contributed by atoms with Gasteiger partial charge in [-0.2, -0.15) is 4.98 Å². The Labute approximate surface area is 172 Å². The van der Waals surface area contributed by atoms with Crippen LogP contribution < -0.4 is 19.5 Å². The van der Waals surface area contributed by atoms with Gasteiger partial charge in [-0.15, -0.1) is 0 Å². The van der Waals surface area contributed by atoms with Crippen LogP contribution in [0, 0.1) is 0 Å². The van der Waals surface area contributed by atoms with Gasteiger partial charge in [0.05, 0.1) is 31.9 Å². The molecule has 0 saturated carbocycles. The first-order valence-electron chi connectivity index (χ1n) is 8.67. The minimum absolute atomic E-state index is 0.245. The lowest BCUT2D eigenvalue weighted by atomic mass is 10.1. The average Bonchev–Trinajstić information content (AvgIpc) is 3.23. The Morgan fingerprint density at radius 1 is 1.10 bits per heavy atom. The highest BCUT2D eigenvalue weighted by Gasteiger charge is 2.21. The zero-order valence-electron chi connectivity index (χ0n) is 16.4. The van der Waals surface area contributed by atoms with Crippen LogP contribution in [0.3, 0.4) is 0 Å². The Kier molecular flexibility index (Phi) is 6.23. The van der Waals surface area contributed by atoms with Crippen molar-refractivity contribution in [3.63, 3.8) is 0 Å². The molecule has 0 aliphatic rings. The summed E-state index contributed by atoms with van der Waals surface area (Å²) in [5.74, 6) is 1.62. The summed E-state index contributed by atoms with van der Waals surface area (Å²) in [6.45, 7) is 1.74. The van der Waals surface area contributed by atoms with Gasteiger partial charge in [-0.3, -0.25) is 4.79 Å². The van der Waals surface area contributed by atoms with Crippen molar-refractivity contribution in [2.45, 2.75) is 13.0 Å². The first kappa shape index (κ1) is 20.5. The molecule has 3 rings (SSSR count). The smallest absolute Gasteiger partial charge is 0.253 e. The molecule has 0 aliphatic heterocycles. The van der Waals surface area contributed by atoms with Crippen LogP contribution in [0.1, 0.15) is 29.2 Å². The summed E-state index contributed by atoms with van der Waals surface area (Å²) >= 11 is 6.07. The largest absolute Gasteiger partial charge is 0.493 e. The summed E-state index contributed by atoms with van der Waals surface area (Å²) < 4.78 is 21.3. The maximum atomic E-state index is 12.4. The van der Waals surface area contributed by atoms with E-state index in [4.69, 9.17) is 30.3 Å². The van der Waals surface area contributed by atoms with Crippen LogP contribution >= 0.6 is 11.6 Å². The predicted octanol–water partition coefficient (Wildman–Crippen LogP) is 3.91. The van der Waals surface area contributed by atoms with Crippen molar-refractivity contribution in [1.82, 2.24) is 15.5 Å². The molecule has 0 unspecified atom stereocenters. The van der Waals surface area contributed by atoms with E-state index in [9.17, 15) is 4.79 Å². The molecule has 1 atom stereocenters. The fourth-order valence-electron chi connectivity index (χ4n) is 2.72. The number of halogens is 1. The highest BCUT2D eigenvalue weighted by Crippen LogP contribution is 2.40. The van der Waals surface area contributed by atoms with Gasteiger partial charge in [-0.1, -0.05) is 28.9 Å². The summed E-state index contributed by atoms with van der Waals surface area (Å²) in [4.78, 5) is 16.8. The van der Waals surface area contributed by atoms with E-state index in [-0.39, 0.29) is 11.8 Å². The standard InChI is InChI=1S/C20H20ClN3O5/c1-11(22-19(25)13-7-5-6-8-14(13)21)20-23-18(24-29-20)12-9-15(26-2)17(28-4)16(10-12)27-3/h5-11H,1-4H3,(H,22,25)/t11-/m1/s1. The molecule has 1 amide bonds. The second kappa shape index (κ2) is 8.83. The van der Waals surface area contributed by atoms with Crippen molar-refractivity contribution in [1.29, 1.82) is 0 Å². The van der Waals surface area contributed by atoms with Crippen LogP contribution in [-0.4, -0.2) is 37.4 Å². The lowest BCUT2D eigenvalue weighted by molar-refractivity contribution is 0.0932. The van der Waals surface area contributed by atoms with Crippen LogP contribution in [0.5, 0.6) is 17.2 Å². The Morgan fingerprint density at radius 3 is 2.34 bits per heavy atom. The van der Waals surface area contributed by atoms with Crippen molar-refractivity contribution in [3.8, 4) is 28.6 Å². The molecule has 0 fully saturated rings. The van der Waals surface area contributed by atoms with Gasteiger partial charge in [0.15, 0.2) is 11.5 Å². The highest BCUT2D eigenvalue weighted by molar-refractivity contribution is 6.33. The summed E-state index contributed by atoms with van der Waals surface area (Å²) in [6, 6.07) is 9.68. The number of methoxy groups -OCH3 is 3. The molecule has 1 heterocycles. The topological polar surface area (TPSA) is 95.7 Å². The van der Waals surface area contributed by atoms with Gasteiger partial charge in [0.2, 0.25) is 17.5 Å². The maximum absolute atomic E-state index is 12.4. The monoisotopic (exact) mass is 417 g/mol. The van der Waals surface area contributed by atoms with Crippen molar-refractivity contribution in [2.24, 2.45) is 0 Å². The van der Waals surface area contributed by atoms with Gasteiger partial charge in [0, 0.05) is 5.56 Å². The average molecular weight is 418 g/mol. The molecule has 0 radical (unpaired) electrons. The molecule has 0 saturated heterocycles. The number of aromatic nitrogens is 2. The van der Waals surface area contributed by atoms with E-state index in [1.165, 1.54) is 21.3 Å². The van der Waals surface area contributed by atoms with Crippen LogP contribution in [0.15, 0.2) is 40.9 Å². The van der Waals surface area contributed by atoms with Gasteiger partial charge in [-0.05, 0) is 31.2 Å². The van der Waals surface area contributed by atoms with Crippen LogP contribution in [0.4, 0.5) is 0 Å². The van der Waals surface area contributed by atoms with Gasteiger partial charge in [0.25, 0.3) is 5.91 Å². The zero-order chi connectivity index (χ0) is 21.0. The molecule has 152 valence electrons. The predicted molar refractivity (Wildman–Crippen MR) is 107 cm³/mol. The third-order valence-corrected chi connectivity index (χ3v) is 4.53. The van der Waals surface area contributed by atoms with Crippen LogP contribution in [0.2, 0.25) is 5.02 Å². The highest BCUT2D eigenvalue weighted by atomic mass is 35.5. The molecular formula is C20H20ClN3O5. The molecular weight excluding hydrogens is 398 g/mol. The fourth-order valence-corrected chi connectivity index (χ4v) is 2.94. The molecule has 1 aromatic heterocycles. The van der Waals surface area contributed by atoms with Gasteiger partial charge < -0.3 is 24.1 Å². The fraction of sp³-hybridized carbons (Fsp3) is 0.250. The third-order valence-electron chi connectivity index (χ3n) is 4.20. The molecule has 9 heteroatoms. The summed E-state index contributed by atoms with van der Waals surface area (Å²) in [6.07, 6.45) is 0. The van der Waals surface area contributed by atoms with E-state index < -0.39 is 6.04 Å². The molecule has 3 aromatic rings. The lowest BCUT2D eigenvalue weighted by Gasteiger charge is -2.12. The van der Waals surface area contributed by atoms with Gasteiger partial charge >= 0.3 is 0 Å². The van der Waals surface area contributed by atoms with Gasteiger partial charge in [-0.25, -0.2) is 0 Å². The number of carbonyl (C=O) groups excluding carboxylic acids is 1. The van der Waals surface area contributed by atoms with E-state index in [0.29, 0.717) is 39.2 Å². The van der Waals surface area contributed by atoms with Crippen LogP contribution in [-0.2, 0) is 0 Å². The second-order valence-electron chi connectivity index (χ2n) is 6.05. The number of hydrogen-bond acceptors (Lipinski definition) is 7. The number of nitrogens with one attached hydrogen (secondary N) is 1. The first-order valence-corrected chi connectivity index (χ1v) is 9.05. The molecule has 0 spiro atoms. The van der Waals surface area contributed by atoms with E-state index in [1.807, 2.05) is 0 Å². The first-order chi connectivity index (χ1) is 14.0. The molecule has 29 heavy (non-hydrogen) atoms. The number of nitrogens with zero attached hydrogens (tertiary/aromatic N) is 2. The summed E-state index contributed by atoms with van der Waals surface area (Å²) in [5, 5.41) is 7.15. The summed E-state index contributed by atoms with van der Waals surface area (Å²) in [7, 11) is 4.57. The van der Waals surface area contributed by atoms with Crippen LogP contribution in [0.25, 0.3) is 11.4 Å². The zero-order valence-corrected chi connectivity index (χ0v) is 17.1. The number of carbonyl (C=O) groups is 1. The number of ether oxygens (including phenoxy) is 3. The number of amides is 1. The van der Waals surface area contributed by atoms with E-state index in [0.717, 1.165) is 0 Å².